The third-order valence-corrected chi connectivity index (χ3v) is 2.68. The van der Waals surface area contributed by atoms with Crippen LogP contribution in [-0.4, -0.2) is 24.1 Å². The summed E-state index contributed by atoms with van der Waals surface area (Å²) in [7, 11) is 0. The number of aromatic nitrogens is 1. The minimum atomic E-state index is 0.572. The van der Waals surface area contributed by atoms with Crippen molar-refractivity contribution in [3.05, 3.63) is 17.3 Å². The Morgan fingerprint density at radius 2 is 2.43 bits per heavy atom. The molecular formula is C10H17N3O. The SMILES string of the molecule is Cc1nc(CNC2CCNC2)oc1C. The van der Waals surface area contributed by atoms with E-state index >= 15 is 0 Å². The third-order valence-electron chi connectivity index (χ3n) is 2.68. The highest BCUT2D eigenvalue weighted by Crippen LogP contribution is 2.08. The van der Waals surface area contributed by atoms with Crippen molar-refractivity contribution < 1.29 is 4.42 Å². The summed E-state index contributed by atoms with van der Waals surface area (Å²) in [6, 6.07) is 0.572. The first-order chi connectivity index (χ1) is 6.75. The molecule has 14 heavy (non-hydrogen) atoms. The molecule has 1 atom stereocenters. The lowest BCUT2D eigenvalue weighted by Gasteiger charge is -2.08. The van der Waals surface area contributed by atoms with Crippen LogP contribution in [0.5, 0.6) is 0 Å². The number of rotatable bonds is 3. The smallest absolute Gasteiger partial charge is 0.208 e. The molecule has 4 heteroatoms. The zero-order valence-electron chi connectivity index (χ0n) is 8.76. The van der Waals surface area contributed by atoms with E-state index < -0.39 is 0 Å². The van der Waals surface area contributed by atoms with Gasteiger partial charge in [0.1, 0.15) is 5.76 Å². The van der Waals surface area contributed by atoms with Gasteiger partial charge in [0.25, 0.3) is 0 Å². The van der Waals surface area contributed by atoms with E-state index in [9.17, 15) is 0 Å². The molecule has 1 saturated heterocycles. The quantitative estimate of drug-likeness (QED) is 0.747. The number of hydrogen-bond donors (Lipinski definition) is 2. The van der Waals surface area contributed by atoms with Gasteiger partial charge in [-0.3, -0.25) is 0 Å². The van der Waals surface area contributed by atoms with Gasteiger partial charge in [-0.05, 0) is 26.8 Å². The number of oxazole rings is 1. The molecule has 4 nitrogen and oxygen atoms in total. The molecule has 2 rings (SSSR count). The highest BCUT2D eigenvalue weighted by molar-refractivity contribution is 5.05. The summed E-state index contributed by atoms with van der Waals surface area (Å²) in [6.07, 6.45) is 1.19. The van der Waals surface area contributed by atoms with E-state index in [1.165, 1.54) is 6.42 Å². The van der Waals surface area contributed by atoms with Gasteiger partial charge < -0.3 is 15.1 Å². The normalized spacial score (nSPS) is 21.7. The lowest BCUT2D eigenvalue weighted by atomic mass is 10.2. The molecule has 1 aliphatic heterocycles. The molecule has 0 saturated carbocycles. The van der Waals surface area contributed by atoms with Gasteiger partial charge >= 0.3 is 0 Å². The van der Waals surface area contributed by atoms with Gasteiger partial charge in [-0.15, -0.1) is 0 Å². The van der Waals surface area contributed by atoms with E-state index in [0.717, 1.165) is 37.0 Å². The van der Waals surface area contributed by atoms with Gasteiger partial charge in [0.15, 0.2) is 0 Å². The summed E-state index contributed by atoms with van der Waals surface area (Å²) in [4.78, 5) is 4.32. The number of aryl methyl sites for hydroxylation is 2. The Balaban J connectivity index is 1.85. The molecule has 0 amide bonds. The van der Waals surface area contributed by atoms with E-state index in [4.69, 9.17) is 4.42 Å². The van der Waals surface area contributed by atoms with Crippen molar-refractivity contribution >= 4 is 0 Å². The van der Waals surface area contributed by atoms with Crippen molar-refractivity contribution in [3.63, 3.8) is 0 Å². The predicted octanol–water partition coefficient (Wildman–Crippen LogP) is 0.743. The standard InChI is InChI=1S/C10H17N3O/c1-7-8(2)14-10(13-7)6-12-9-3-4-11-5-9/h9,11-12H,3-6H2,1-2H3. The van der Waals surface area contributed by atoms with E-state index in [2.05, 4.69) is 15.6 Å². The van der Waals surface area contributed by atoms with Crippen molar-refractivity contribution in [1.82, 2.24) is 15.6 Å². The van der Waals surface area contributed by atoms with Gasteiger partial charge in [-0.2, -0.15) is 0 Å². The van der Waals surface area contributed by atoms with E-state index in [-0.39, 0.29) is 0 Å². The summed E-state index contributed by atoms with van der Waals surface area (Å²) in [6.45, 7) is 6.82. The highest BCUT2D eigenvalue weighted by atomic mass is 16.4. The fourth-order valence-corrected chi connectivity index (χ4v) is 1.68. The Hall–Kier alpha value is -0.870. The first kappa shape index (κ1) is 9.68. The van der Waals surface area contributed by atoms with Gasteiger partial charge in [0, 0.05) is 12.6 Å². The molecule has 1 unspecified atom stereocenters. The Bertz CT molecular complexity index is 283. The molecule has 2 N–H and O–H groups in total. The summed E-state index contributed by atoms with van der Waals surface area (Å²) in [5, 5.41) is 6.73. The second-order valence-corrected chi connectivity index (χ2v) is 3.82. The Labute approximate surface area is 84.1 Å². The second-order valence-electron chi connectivity index (χ2n) is 3.82. The van der Waals surface area contributed by atoms with E-state index in [0.29, 0.717) is 6.04 Å². The van der Waals surface area contributed by atoms with Crippen LogP contribution in [0.25, 0.3) is 0 Å². The maximum atomic E-state index is 5.48. The van der Waals surface area contributed by atoms with Crippen molar-refractivity contribution in [3.8, 4) is 0 Å². The van der Waals surface area contributed by atoms with Crippen molar-refractivity contribution in [2.45, 2.75) is 32.9 Å². The van der Waals surface area contributed by atoms with E-state index in [1.54, 1.807) is 0 Å². The Morgan fingerprint density at radius 3 is 3.00 bits per heavy atom. The fraction of sp³-hybridized carbons (Fsp3) is 0.700. The lowest BCUT2D eigenvalue weighted by molar-refractivity contribution is 0.428. The average Bonchev–Trinajstić information content (AvgIpc) is 2.74. The molecule has 2 heterocycles. The van der Waals surface area contributed by atoms with Crippen LogP contribution in [-0.2, 0) is 6.54 Å². The minimum Gasteiger partial charge on any atom is -0.444 e. The third kappa shape index (κ3) is 2.13. The topological polar surface area (TPSA) is 50.1 Å². The largest absolute Gasteiger partial charge is 0.444 e. The Kier molecular flexibility index (Phi) is 2.84. The molecule has 1 aromatic rings. The van der Waals surface area contributed by atoms with Crippen LogP contribution >= 0.6 is 0 Å². The summed E-state index contributed by atoms with van der Waals surface area (Å²) < 4.78 is 5.48. The van der Waals surface area contributed by atoms with Crippen molar-refractivity contribution in [2.24, 2.45) is 0 Å². The van der Waals surface area contributed by atoms with Crippen LogP contribution in [0, 0.1) is 13.8 Å². The number of nitrogens with one attached hydrogen (secondary N) is 2. The maximum Gasteiger partial charge on any atom is 0.208 e. The van der Waals surface area contributed by atoms with Crippen LogP contribution in [0.3, 0.4) is 0 Å². The molecule has 1 aliphatic rings. The first-order valence-corrected chi connectivity index (χ1v) is 5.12. The van der Waals surface area contributed by atoms with Crippen molar-refractivity contribution in [2.75, 3.05) is 13.1 Å². The molecule has 0 aromatic carbocycles. The fourth-order valence-electron chi connectivity index (χ4n) is 1.68. The zero-order valence-corrected chi connectivity index (χ0v) is 8.76. The van der Waals surface area contributed by atoms with Crippen molar-refractivity contribution in [1.29, 1.82) is 0 Å². The predicted molar refractivity (Wildman–Crippen MR) is 54.1 cm³/mol. The highest BCUT2D eigenvalue weighted by Gasteiger charge is 2.14. The van der Waals surface area contributed by atoms with E-state index in [1.807, 2.05) is 13.8 Å². The number of nitrogens with zero attached hydrogens (tertiary/aromatic N) is 1. The summed E-state index contributed by atoms with van der Waals surface area (Å²) in [5.41, 5.74) is 0.992. The van der Waals surface area contributed by atoms with Gasteiger partial charge in [0.05, 0.1) is 12.2 Å². The number of hydrogen-bond acceptors (Lipinski definition) is 4. The van der Waals surface area contributed by atoms with Crippen LogP contribution in [0.1, 0.15) is 23.8 Å². The zero-order chi connectivity index (χ0) is 9.97. The molecule has 0 radical (unpaired) electrons. The molecular weight excluding hydrogens is 178 g/mol. The van der Waals surface area contributed by atoms with Crippen LogP contribution in [0.15, 0.2) is 4.42 Å². The van der Waals surface area contributed by atoms with Crippen LogP contribution in [0.4, 0.5) is 0 Å². The van der Waals surface area contributed by atoms with Gasteiger partial charge in [0.2, 0.25) is 5.89 Å². The van der Waals surface area contributed by atoms with Crippen LogP contribution < -0.4 is 10.6 Å². The molecule has 0 aliphatic carbocycles. The Morgan fingerprint density at radius 1 is 1.57 bits per heavy atom. The monoisotopic (exact) mass is 195 g/mol. The molecule has 78 valence electrons. The first-order valence-electron chi connectivity index (χ1n) is 5.12. The van der Waals surface area contributed by atoms with Crippen LogP contribution in [0.2, 0.25) is 0 Å². The van der Waals surface area contributed by atoms with Gasteiger partial charge in [-0.1, -0.05) is 0 Å². The lowest BCUT2D eigenvalue weighted by Crippen LogP contribution is -2.30. The molecule has 0 spiro atoms. The molecule has 0 bridgehead atoms. The second kappa shape index (κ2) is 4.11. The maximum absolute atomic E-state index is 5.48. The molecule has 1 aromatic heterocycles. The summed E-state index contributed by atoms with van der Waals surface area (Å²) >= 11 is 0. The minimum absolute atomic E-state index is 0.572. The van der Waals surface area contributed by atoms with Gasteiger partial charge in [-0.25, -0.2) is 4.98 Å². The summed E-state index contributed by atoms with van der Waals surface area (Å²) in [5.74, 6) is 1.72. The molecule has 1 fully saturated rings. The average molecular weight is 195 g/mol.